The summed E-state index contributed by atoms with van der Waals surface area (Å²) < 4.78 is 37.5. The fourth-order valence-corrected chi connectivity index (χ4v) is 1.81. The number of alkyl halides is 3. The van der Waals surface area contributed by atoms with E-state index in [1.807, 2.05) is 0 Å². The van der Waals surface area contributed by atoms with Gasteiger partial charge in [0.25, 0.3) is 0 Å². The Labute approximate surface area is 90.3 Å². The van der Waals surface area contributed by atoms with Crippen molar-refractivity contribution in [1.29, 1.82) is 5.26 Å². The number of amides is 1. The van der Waals surface area contributed by atoms with Crippen molar-refractivity contribution in [2.24, 2.45) is 11.8 Å². The van der Waals surface area contributed by atoms with Crippen LogP contribution in [0.15, 0.2) is 0 Å². The van der Waals surface area contributed by atoms with Crippen LogP contribution in [0.3, 0.4) is 0 Å². The Balaban J connectivity index is 2.71. The zero-order valence-electron chi connectivity index (χ0n) is 8.37. The van der Waals surface area contributed by atoms with Crippen molar-refractivity contribution in [2.45, 2.75) is 12.6 Å². The van der Waals surface area contributed by atoms with Gasteiger partial charge in [-0.25, -0.2) is 0 Å². The number of nitriles is 1. The Morgan fingerprint density at radius 2 is 2.12 bits per heavy atom. The van der Waals surface area contributed by atoms with Gasteiger partial charge in [0.05, 0.1) is 12.0 Å². The minimum absolute atomic E-state index is 0.138. The predicted molar refractivity (Wildman–Crippen MR) is 46.9 cm³/mol. The molecule has 4 nitrogen and oxygen atoms in total. The number of halogens is 3. The topological polar surface area (TPSA) is 64.3 Å². The molecule has 1 N–H and O–H groups in total. The van der Waals surface area contributed by atoms with Gasteiger partial charge in [0.2, 0.25) is 5.91 Å². The number of hydrogen-bond donors (Lipinski definition) is 1. The summed E-state index contributed by atoms with van der Waals surface area (Å²) in [5.74, 6) is -3.30. The molecule has 1 fully saturated rings. The minimum atomic E-state index is -4.42. The van der Waals surface area contributed by atoms with E-state index in [-0.39, 0.29) is 6.54 Å². The zero-order chi connectivity index (χ0) is 12.3. The maximum atomic E-state index is 12.5. The molecule has 1 heterocycles. The normalized spacial score (nSPS) is 25.6. The highest BCUT2D eigenvalue weighted by Crippen LogP contribution is 2.37. The summed E-state index contributed by atoms with van der Waals surface area (Å²) in [5, 5.41) is 17.1. The molecule has 7 heteroatoms. The highest BCUT2D eigenvalue weighted by atomic mass is 19.4. The Kier molecular flexibility index (Phi) is 3.75. The molecule has 1 aliphatic rings. The van der Waals surface area contributed by atoms with Crippen LogP contribution in [0.1, 0.15) is 6.42 Å². The molecule has 0 radical (unpaired) electrons. The molecule has 0 aromatic heterocycles. The van der Waals surface area contributed by atoms with Gasteiger partial charge in [-0.05, 0) is 0 Å². The molecule has 2 atom stereocenters. The van der Waals surface area contributed by atoms with Crippen molar-refractivity contribution in [3.05, 3.63) is 0 Å². The van der Waals surface area contributed by atoms with Crippen molar-refractivity contribution < 1.29 is 23.1 Å². The van der Waals surface area contributed by atoms with Gasteiger partial charge in [0.1, 0.15) is 6.42 Å². The van der Waals surface area contributed by atoms with Crippen LogP contribution < -0.4 is 0 Å². The van der Waals surface area contributed by atoms with Crippen LogP contribution in [0.2, 0.25) is 0 Å². The van der Waals surface area contributed by atoms with Gasteiger partial charge in [-0.15, -0.1) is 0 Å². The zero-order valence-corrected chi connectivity index (χ0v) is 8.37. The van der Waals surface area contributed by atoms with Crippen LogP contribution in [0.4, 0.5) is 13.2 Å². The van der Waals surface area contributed by atoms with Gasteiger partial charge in [0, 0.05) is 25.6 Å². The molecule has 0 saturated carbocycles. The summed E-state index contributed by atoms with van der Waals surface area (Å²) in [6, 6.07) is 1.60. The van der Waals surface area contributed by atoms with E-state index in [1.54, 1.807) is 6.07 Å². The van der Waals surface area contributed by atoms with Crippen LogP contribution in [0.25, 0.3) is 0 Å². The largest absolute Gasteiger partial charge is 0.396 e. The van der Waals surface area contributed by atoms with Crippen molar-refractivity contribution in [3.63, 3.8) is 0 Å². The molecule has 90 valence electrons. The van der Waals surface area contributed by atoms with E-state index in [0.717, 1.165) is 4.90 Å². The third-order valence-corrected chi connectivity index (χ3v) is 2.68. The van der Waals surface area contributed by atoms with Gasteiger partial charge in [-0.1, -0.05) is 0 Å². The lowest BCUT2D eigenvalue weighted by Crippen LogP contribution is -2.32. The molecule has 0 aromatic rings. The average molecular weight is 236 g/mol. The van der Waals surface area contributed by atoms with E-state index in [4.69, 9.17) is 10.4 Å². The maximum Gasteiger partial charge on any atom is 0.393 e. The summed E-state index contributed by atoms with van der Waals surface area (Å²) in [5.41, 5.74) is 0. The van der Waals surface area contributed by atoms with E-state index in [1.165, 1.54) is 0 Å². The van der Waals surface area contributed by atoms with Gasteiger partial charge >= 0.3 is 6.18 Å². The number of hydrogen-bond acceptors (Lipinski definition) is 3. The molecule has 1 saturated heterocycles. The lowest BCUT2D eigenvalue weighted by atomic mass is 9.97. The van der Waals surface area contributed by atoms with Crippen molar-refractivity contribution in [2.75, 3.05) is 19.7 Å². The summed E-state index contributed by atoms with van der Waals surface area (Å²) in [6.45, 7) is -1.21. The van der Waals surface area contributed by atoms with Crippen molar-refractivity contribution >= 4 is 5.91 Å². The van der Waals surface area contributed by atoms with E-state index < -0.39 is 43.5 Å². The molecule has 0 bridgehead atoms. The van der Waals surface area contributed by atoms with Crippen LogP contribution in [0.5, 0.6) is 0 Å². The van der Waals surface area contributed by atoms with E-state index >= 15 is 0 Å². The lowest BCUT2D eigenvalue weighted by Gasteiger charge is -2.18. The number of aliphatic hydroxyl groups is 1. The Morgan fingerprint density at radius 1 is 1.50 bits per heavy atom. The first-order valence-electron chi connectivity index (χ1n) is 4.72. The van der Waals surface area contributed by atoms with Crippen molar-refractivity contribution in [3.8, 4) is 6.07 Å². The molecule has 0 spiro atoms. The van der Waals surface area contributed by atoms with E-state index in [0.29, 0.717) is 0 Å². The third kappa shape index (κ3) is 2.64. The fourth-order valence-electron chi connectivity index (χ4n) is 1.81. The smallest absolute Gasteiger partial charge is 0.393 e. The molecule has 0 unspecified atom stereocenters. The van der Waals surface area contributed by atoms with Gasteiger partial charge < -0.3 is 10.0 Å². The Bertz CT molecular complexity index is 311. The molecule has 0 aromatic carbocycles. The van der Waals surface area contributed by atoms with E-state index in [9.17, 15) is 18.0 Å². The van der Waals surface area contributed by atoms with Gasteiger partial charge in [-0.2, -0.15) is 18.4 Å². The molecule has 1 rings (SSSR count). The SMILES string of the molecule is N#CCC(=O)N1C[C@@H](CO)[C@H](C(F)(F)F)C1. The second kappa shape index (κ2) is 4.70. The molecule has 1 aliphatic heterocycles. The number of rotatable bonds is 2. The molecule has 1 amide bonds. The average Bonchev–Trinajstić information content (AvgIpc) is 2.61. The summed E-state index contributed by atoms with van der Waals surface area (Å²) in [4.78, 5) is 12.2. The maximum absolute atomic E-state index is 12.5. The number of carbonyl (C=O) groups excluding carboxylic acids is 1. The number of carbonyl (C=O) groups is 1. The second-order valence-corrected chi connectivity index (χ2v) is 3.72. The Hall–Kier alpha value is -1.29. The monoisotopic (exact) mass is 236 g/mol. The molecular formula is C9H11F3N2O2. The molecule has 16 heavy (non-hydrogen) atoms. The first-order valence-corrected chi connectivity index (χ1v) is 4.72. The summed E-state index contributed by atoms with van der Waals surface area (Å²) in [6.07, 6.45) is -4.85. The predicted octanol–water partition coefficient (Wildman–Crippen LogP) is 0.529. The lowest BCUT2D eigenvalue weighted by molar-refractivity contribution is -0.183. The molecule has 0 aliphatic carbocycles. The first-order chi connectivity index (χ1) is 7.40. The number of likely N-dealkylation sites (tertiary alicyclic amines) is 1. The Morgan fingerprint density at radius 3 is 2.50 bits per heavy atom. The fraction of sp³-hybridized carbons (Fsp3) is 0.778. The quantitative estimate of drug-likeness (QED) is 0.760. The van der Waals surface area contributed by atoms with Crippen LogP contribution >= 0.6 is 0 Å². The van der Waals surface area contributed by atoms with Gasteiger partial charge in [-0.3, -0.25) is 4.79 Å². The highest BCUT2D eigenvalue weighted by Gasteiger charge is 2.50. The number of nitrogens with zero attached hydrogens (tertiary/aromatic N) is 2. The van der Waals surface area contributed by atoms with Crippen LogP contribution in [-0.4, -0.2) is 41.8 Å². The third-order valence-electron chi connectivity index (χ3n) is 2.68. The van der Waals surface area contributed by atoms with Crippen molar-refractivity contribution in [1.82, 2.24) is 4.90 Å². The van der Waals surface area contributed by atoms with Crippen LogP contribution in [-0.2, 0) is 4.79 Å². The minimum Gasteiger partial charge on any atom is -0.396 e. The standard InChI is InChI=1S/C9H11F3N2O2/c10-9(11,12)7-4-14(3-6(7)5-15)8(16)1-2-13/h6-7,15H,1,3-5H2/t6-,7+/m0/s1. The van der Waals surface area contributed by atoms with E-state index in [2.05, 4.69) is 0 Å². The second-order valence-electron chi connectivity index (χ2n) is 3.72. The summed E-state index contributed by atoms with van der Waals surface area (Å²) in [7, 11) is 0. The number of aliphatic hydroxyl groups excluding tert-OH is 1. The van der Waals surface area contributed by atoms with Crippen LogP contribution in [0, 0.1) is 23.2 Å². The van der Waals surface area contributed by atoms with Gasteiger partial charge in [0.15, 0.2) is 0 Å². The first kappa shape index (κ1) is 12.8. The summed E-state index contributed by atoms with van der Waals surface area (Å²) >= 11 is 0. The molecular weight excluding hydrogens is 225 g/mol. The highest BCUT2D eigenvalue weighted by molar-refractivity contribution is 5.78.